The molecule has 0 aromatic rings. The van der Waals surface area contributed by atoms with Crippen LogP contribution in [0.1, 0.15) is 27.7 Å². The fourth-order valence-electron chi connectivity index (χ4n) is 0.671. The monoisotopic (exact) mass is 223 g/mol. The van der Waals surface area contributed by atoms with Crippen LogP contribution in [0.3, 0.4) is 0 Å². The minimum absolute atomic E-state index is 0.0208. The smallest absolute Gasteiger partial charge is 0.194 e. The molecule has 0 rings (SSSR count). The molecule has 0 aliphatic heterocycles. The van der Waals surface area contributed by atoms with Gasteiger partial charge >= 0.3 is 0 Å². The fourth-order valence-corrected chi connectivity index (χ4v) is 0.671. The molecule has 0 radical (unpaired) electrons. The first kappa shape index (κ1) is 13.7. The van der Waals surface area contributed by atoms with E-state index in [-0.39, 0.29) is 4.69 Å². The maximum absolute atomic E-state index is 9.36. The van der Waals surface area contributed by atoms with Crippen molar-refractivity contribution in [3.05, 3.63) is 0 Å². The van der Waals surface area contributed by atoms with Gasteiger partial charge in [-0.2, -0.15) is 0 Å². The number of carbonyl (C=O) groups is 1. The first-order valence-electron chi connectivity index (χ1n) is 3.96. The number of nitrogens with zero attached hydrogens (tertiary/aromatic N) is 1. The minimum Gasteiger partial charge on any atom is -0.304 e. The third-order valence-electron chi connectivity index (χ3n) is 1.34. The van der Waals surface area contributed by atoms with Gasteiger partial charge < -0.3 is 4.90 Å². The molecule has 3 heteroatoms. The fraction of sp³-hybridized carbons (Fsp3) is 0.875. The average Bonchev–Trinajstić information content (AvgIpc) is 1.90. The summed E-state index contributed by atoms with van der Waals surface area (Å²) in [5.41, 5.74) is 0. The topological polar surface area (TPSA) is 20.3 Å². The Kier molecular flexibility index (Phi) is 12.6. The molecule has 0 aromatic carbocycles. The highest BCUT2D eigenvalue weighted by molar-refractivity contribution is 9.18. The molecule has 0 heterocycles. The molecule has 0 spiro atoms. The summed E-state index contributed by atoms with van der Waals surface area (Å²) in [6.45, 7) is 11.6. The lowest BCUT2D eigenvalue weighted by molar-refractivity contribution is -0.108. The summed E-state index contributed by atoms with van der Waals surface area (Å²) in [5.74, 6) is 0. The quantitative estimate of drug-likeness (QED) is 0.685. The van der Waals surface area contributed by atoms with Gasteiger partial charge in [-0.3, -0.25) is 4.79 Å². The predicted molar refractivity (Wildman–Crippen MR) is 53.1 cm³/mol. The number of hydrogen-bond acceptors (Lipinski definition) is 2. The van der Waals surface area contributed by atoms with Crippen LogP contribution in [0.4, 0.5) is 0 Å². The average molecular weight is 224 g/mol. The standard InChI is InChI=1S/C6H15N.C2H3BrO/c1-4-7(5-2)6-3;1-2(3)4/h4-6H2,1-3H3;1H3. The van der Waals surface area contributed by atoms with E-state index in [0.717, 1.165) is 0 Å². The van der Waals surface area contributed by atoms with Crippen molar-refractivity contribution in [2.24, 2.45) is 0 Å². The Hall–Kier alpha value is 0.110. The van der Waals surface area contributed by atoms with E-state index in [0.29, 0.717) is 0 Å². The Morgan fingerprint density at radius 2 is 1.36 bits per heavy atom. The van der Waals surface area contributed by atoms with Crippen LogP contribution in [-0.2, 0) is 4.79 Å². The highest BCUT2D eigenvalue weighted by Gasteiger charge is 1.89. The Morgan fingerprint density at radius 3 is 1.36 bits per heavy atom. The summed E-state index contributed by atoms with van der Waals surface area (Å²) in [7, 11) is 0. The largest absolute Gasteiger partial charge is 0.304 e. The Morgan fingerprint density at radius 1 is 1.18 bits per heavy atom. The van der Waals surface area contributed by atoms with Crippen molar-refractivity contribution in [3.63, 3.8) is 0 Å². The summed E-state index contributed by atoms with van der Waals surface area (Å²) < 4.78 is -0.0208. The van der Waals surface area contributed by atoms with E-state index in [1.165, 1.54) is 26.6 Å². The van der Waals surface area contributed by atoms with Crippen LogP contribution in [-0.4, -0.2) is 29.2 Å². The van der Waals surface area contributed by atoms with Crippen molar-refractivity contribution in [1.82, 2.24) is 4.90 Å². The summed E-state index contributed by atoms with van der Waals surface area (Å²) in [5, 5.41) is 0. The molecule has 2 nitrogen and oxygen atoms in total. The van der Waals surface area contributed by atoms with Gasteiger partial charge in [0.25, 0.3) is 0 Å². The Bertz CT molecular complexity index is 82.6. The van der Waals surface area contributed by atoms with E-state index >= 15 is 0 Å². The number of hydrogen-bond donors (Lipinski definition) is 0. The first-order chi connectivity index (χ1) is 5.08. The molecule has 0 aliphatic rings. The maximum atomic E-state index is 9.36. The molecule has 0 fully saturated rings. The first-order valence-corrected chi connectivity index (χ1v) is 4.76. The van der Waals surface area contributed by atoms with Gasteiger partial charge in [-0.15, -0.1) is 0 Å². The highest BCUT2D eigenvalue weighted by Crippen LogP contribution is 1.81. The normalized spacial score (nSPS) is 8.91. The molecule has 11 heavy (non-hydrogen) atoms. The van der Waals surface area contributed by atoms with E-state index in [4.69, 9.17) is 0 Å². The van der Waals surface area contributed by atoms with E-state index < -0.39 is 0 Å². The van der Waals surface area contributed by atoms with Crippen LogP contribution in [0.15, 0.2) is 0 Å². The molecule has 0 aliphatic carbocycles. The summed E-state index contributed by atoms with van der Waals surface area (Å²) in [4.78, 5) is 11.7. The lowest BCUT2D eigenvalue weighted by Gasteiger charge is -2.13. The lowest BCUT2D eigenvalue weighted by atomic mass is 10.5. The third kappa shape index (κ3) is 17.8. The van der Waals surface area contributed by atoms with Crippen molar-refractivity contribution >= 4 is 20.6 Å². The van der Waals surface area contributed by atoms with Crippen molar-refractivity contribution in [3.8, 4) is 0 Å². The predicted octanol–water partition coefficient (Wildman–Crippen LogP) is 2.28. The second-order valence-corrected chi connectivity index (χ2v) is 3.21. The van der Waals surface area contributed by atoms with Gasteiger partial charge in [-0.25, -0.2) is 0 Å². The van der Waals surface area contributed by atoms with Crippen molar-refractivity contribution < 1.29 is 4.79 Å². The zero-order valence-electron chi connectivity index (χ0n) is 7.85. The molecule has 0 aromatic heterocycles. The van der Waals surface area contributed by atoms with Gasteiger partial charge in [0.1, 0.15) is 0 Å². The van der Waals surface area contributed by atoms with Crippen molar-refractivity contribution in [2.75, 3.05) is 19.6 Å². The van der Waals surface area contributed by atoms with Gasteiger partial charge in [-0.1, -0.05) is 20.8 Å². The van der Waals surface area contributed by atoms with Crippen molar-refractivity contribution in [2.45, 2.75) is 27.7 Å². The summed E-state index contributed by atoms with van der Waals surface area (Å²) in [6, 6.07) is 0. The molecule has 0 N–H and O–H groups in total. The molecule has 0 saturated heterocycles. The summed E-state index contributed by atoms with van der Waals surface area (Å²) >= 11 is 2.63. The van der Waals surface area contributed by atoms with Gasteiger partial charge in [0.05, 0.1) is 0 Å². The van der Waals surface area contributed by atoms with Crippen LogP contribution in [0.25, 0.3) is 0 Å². The molecule has 68 valence electrons. The molecule has 0 saturated carbocycles. The lowest BCUT2D eigenvalue weighted by Crippen LogP contribution is -2.21. The van der Waals surface area contributed by atoms with Crippen LogP contribution < -0.4 is 0 Å². The van der Waals surface area contributed by atoms with E-state index in [9.17, 15) is 4.79 Å². The van der Waals surface area contributed by atoms with Gasteiger partial charge in [0.2, 0.25) is 0 Å². The second-order valence-electron chi connectivity index (χ2n) is 2.09. The molecular formula is C8H18BrNO. The number of rotatable bonds is 3. The van der Waals surface area contributed by atoms with Crippen LogP contribution in [0.2, 0.25) is 0 Å². The van der Waals surface area contributed by atoms with Crippen LogP contribution in [0.5, 0.6) is 0 Å². The number of halogens is 1. The van der Waals surface area contributed by atoms with E-state index in [2.05, 4.69) is 41.6 Å². The highest BCUT2D eigenvalue weighted by atomic mass is 79.9. The van der Waals surface area contributed by atoms with Gasteiger partial charge in [-0.05, 0) is 35.6 Å². The molecule has 0 unspecified atom stereocenters. The zero-order chi connectivity index (χ0) is 9.28. The van der Waals surface area contributed by atoms with Gasteiger partial charge in [0, 0.05) is 6.92 Å². The molecular weight excluding hydrogens is 206 g/mol. The van der Waals surface area contributed by atoms with E-state index in [1.807, 2.05) is 0 Å². The molecule has 0 amide bonds. The van der Waals surface area contributed by atoms with Crippen LogP contribution in [0, 0.1) is 0 Å². The number of carbonyl (C=O) groups excluding carboxylic acids is 1. The summed E-state index contributed by atoms with van der Waals surface area (Å²) in [6.07, 6.45) is 0. The Balaban J connectivity index is 0. The SMILES string of the molecule is CC(=O)Br.CCN(CC)CC. The van der Waals surface area contributed by atoms with Crippen LogP contribution >= 0.6 is 15.9 Å². The third-order valence-corrected chi connectivity index (χ3v) is 1.34. The van der Waals surface area contributed by atoms with Crippen molar-refractivity contribution in [1.29, 1.82) is 0 Å². The zero-order valence-corrected chi connectivity index (χ0v) is 9.44. The van der Waals surface area contributed by atoms with E-state index in [1.54, 1.807) is 0 Å². The minimum atomic E-state index is -0.0208. The Labute approximate surface area is 78.1 Å². The molecule has 0 bridgehead atoms. The van der Waals surface area contributed by atoms with Gasteiger partial charge in [0.15, 0.2) is 4.69 Å². The second kappa shape index (κ2) is 10.1. The molecule has 0 atom stereocenters. The maximum Gasteiger partial charge on any atom is 0.194 e.